The van der Waals surface area contributed by atoms with Crippen LogP contribution in [0.4, 0.5) is 0 Å². The largest absolute Gasteiger partial charge is 0.381 e. The fourth-order valence-corrected chi connectivity index (χ4v) is 4.83. The first-order valence-corrected chi connectivity index (χ1v) is 9.33. The number of carbonyl (C=O) groups excluding carboxylic acids is 1. The lowest BCUT2D eigenvalue weighted by Crippen LogP contribution is -2.45. The Hall–Kier alpha value is -1.61. The molecular weight excluding hydrogens is 298 g/mol. The van der Waals surface area contributed by atoms with Crippen molar-refractivity contribution < 1.29 is 9.53 Å². The molecule has 3 atom stereocenters. The third kappa shape index (κ3) is 3.14. The molecule has 1 aliphatic heterocycles. The lowest BCUT2D eigenvalue weighted by molar-refractivity contribution is -0.122. The van der Waals surface area contributed by atoms with Crippen LogP contribution in [0.1, 0.15) is 37.7 Å². The van der Waals surface area contributed by atoms with Gasteiger partial charge in [0.1, 0.15) is 0 Å². The minimum atomic E-state index is 0.0315. The lowest BCUT2D eigenvalue weighted by Gasteiger charge is -2.38. The van der Waals surface area contributed by atoms with Crippen LogP contribution in [0.15, 0.2) is 42.5 Å². The van der Waals surface area contributed by atoms with Gasteiger partial charge in [0.25, 0.3) is 0 Å². The van der Waals surface area contributed by atoms with Crippen LogP contribution in [-0.4, -0.2) is 25.7 Å². The fourth-order valence-electron chi connectivity index (χ4n) is 4.83. The molecule has 1 aromatic rings. The molecule has 1 saturated carbocycles. The monoisotopic (exact) mass is 325 g/mol. The molecule has 2 bridgehead atoms. The minimum Gasteiger partial charge on any atom is -0.381 e. The number of carbonyl (C=O) groups is 1. The molecule has 1 aromatic carbocycles. The van der Waals surface area contributed by atoms with Crippen LogP contribution >= 0.6 is 0 Å². The molecule has 0 spiro atoms. The van der Waals surface area contributed by atoms with E-state index in [0.29, 0.717) is 18.3 Å². The second-order valence-electron chi connectivity index (χ2n) is 7.78. The summed E-state index contributed by atoms with van der Waals surface area (Å²) in [6, 6.07) is 10.6. The molecule has 4 rings (SSSR count). The van der Waals surface area contributed by atoms with Gasteiger partial charge in [0.2, 0.25) is 5.91 Å². The van der Waals surface area contributed by atoms with E-state index in [1.165, 1.54) is 18.4 Å². The number of ether oxygens (including phenoxy) is 1. The Balaban J connectivity index is 1.38. The molecule has 2 fully saturated rings. The fraction of sp³-hybridized carbons (Fsp3) is 0.571. The Morgan fingerprint density at radius 3 is 2.58 bits per heavy atom. The third-order valence-corrected chi connectivity index (χ3v) is 6.32. The Bertz CT molecular complexity index is 604. The van der Waals surface area contributed by atoms with Gasteiger partial charge in [0, 0.05) is 31.6 Å². The summed E-state index contributed by atoms with van der Waals surface area (Å²) in [6.45, 7) is 2.29. The van der Waals surface area contributed by atoms with Gasteiger partial charge in [-0.1, -0.05) is 42.5 Å². The number of nitrogens with one attached hydrogen (secondary N) is 1. The second-order valence-corrected chi connectivity index (χ2v) is 7.78. The molecule has 24 heavy (non-hydrogen) atoms. The first-order valence-electron chi connectivity index (χ1n) is 9.33. The van der Waals surface area contributed by atoms with Crippen LogP contribution < -0.4 is 5.32 Å². The number of amides is 1. The number of rotatable bonds is 5. The van der Waals surface area contributed by atoms with E-state index in [2.05, 4.69) is 47.8 Å². The maximum Gasteiger partial charge on any atom is 0.220 e. The highest BCUT2D eigenvalue weighted by atomic mass is 16.5. The number of benzene rings is 1. The molecule has 1 N–H and O–H groups in total. The summed E-state index contributed by atoms with van der Waals surface area (Å²) < 4.78 is 5.57. The van der Waals surface area contributed by atoms with E-state index >= 15 is 0 Å². The molecule has 3 nitrogen and oxygen atoms in total. The SMILES string of the molecule is O=C(C[C@@H]1C[C@@H]2C=C[C@H]1C2)NCC1(c2ccccc2)CCOCC1. The van der Waals surface area contributed by atoms with Crippen molar-refractivity contribution in [2.45, 2.75) is 37.5 Å². The van der Waals surface area contributed by atoms with E-state index < -0.39 is 0 Å². The number of hydrogen-bond acceptors (Lipinski definition) is 2. The molecule has 2 aliphatic carbocycles. The highest BCUT2D eigenvalue weighted by Gasteiger charge is 2.38. The number of fused-ring (bicyclic) bond motifs is 2. The molecule has 1 amide bonds. The van der Waals surface area contributed by atoms with Crippen LogP contribution in [0.5, 0.6) is 0 Å². The maximum atomic E-state index is 12.5. The quantitative estimate of drug-likeness (QED) is 0.842. The standard InChI is InChI=1S/C21H27NO2/c23-20(14-18-13-16-6-7-17(18)12-16)22-15-21(8-10-24-11-9-21)19-4-2-1-3-5-19/h1-7,16-18H,8-15H2,(H,22,23)/t16-,17+,18+/m1/s1. The smallest absolute Gasteiger partial charge is 0.220 e. The van der Waals surface area contributed by atoms with Gasteiger partial charge in [-0.05, 0) is 49.0 Å². The first kappa shape index (κ1) is 15.9. The summed E-state index contributed by atoms with van der Waals surface area (Å²) in [4.78, 5) is 12.5. The maximum absolute atomic E-state index is 12.5. The van der Waals surface area contributed by atoms with Crippen LogP contribution in [0.3, 0.4) is 0 Å². The van der Waals surface area contributed by atoms with Crippen LogP contribution in [0.25, 0.3) is 0 Å². The molecule has 3 aliphatic rings. The molecule has 0 radical (unpaired) electrons. The summed E-state index contributed by atoms with van der Waals surface area (Å²) in [7, 11) is 0. The third-order valence-electron chi connectivity index (χ3n) is 6.32. The highest BCUT2D eigenvalue weighted by Crippen LogP contribution is 2.44. The first-order chi connectivity index (χ1) is 11.8. The van der Waals surface area contributed by atoms with Crippen molar-refractivity contribution >= 4 is 5.91 Å². The van der Waals surface area contributed by atoms with Gasteiger partial charge in [-0.2, -0.15) is 0 Å². The second kappa shape index (κ2) is 6.72. The lowest BCUT2D eigenvalue weighted by atomic mass is 9.74. The van der Waals surface area contributed by atoms with Gasteiger partial charge in [-0.15, -0.1) is 0 Å². The number of hydrogen-bond donors (Lipinski definition) is 1. The van der Waals surface area contributed by atoms with E-state index in [9.17, 15) is 4.79 Å². The van der Waals surface area contributed by atoms with Crippen molar-refractivity contribution in [3.63, 3.8) is 0 Å². The van der Waals surface area contributed by atoms with Crippen LogP contribution in [0, 0.1) is 17.8 Å². The van der Waals surface area contributed by atoms with Gasteiger partial charge in [0.05, 0.1) is 0 Å². The molecule has 128 valence electrons. The zero-order valence-electron chi connectivity index (χ0n) is 14.2. The Kier molecular flexibility index (Phi) is 4.45. The molecule has 1 saturated heterocycles. The molecular formula is C21H27NO2. The summed E-state index contributed by atoms with van der Waals surface area (Å²) in [5.41, 5.74) is 1.36. The summed E-state index contributed by atoms with van der Waals surface area (Å²) in [6.07, 6.45) is 9.78. The topological polar surface area (TPSA) is 38.3 Å². The van der Waals surface area contributed by atoms with Crippen LogP contribution in [0.2, 0.25) is 0 Å². The van der Waals surface area contributed by atoms with E-state index in [-0.39, 0.29) is 11.3 Å². The average molecular weight is 325 g/mol. The summed E-state index contributed by atoms with van der Waals surface area (Å²) >= 11 is 0. The highest BCUT2D eigenvalue weighted by molar-refractivity contribution is 5.76. The van der Waals surface area contributed by atoms with E-state index in [0.717, 1.165) is 38.5 Å². The molecule has 1 heterocycles. The van der Waals surface area contributed by atoms with Crippen molar-refractivity contribution in [3.05, 3.63) is 48.0 Å². The normalized spacial score (nSPS) is 30.4. The predicted molar refractivity (Wildman–Crippen MR) is 94.6 cm³/mol. The van der Waals surface area contributed by atoms with Gasteiger partial charge in [-0.3, -0.25) is 4.79 Å². The van der Waals surface area contributed by atoms with E-state index in [1.54, 1.807) is 0 Å². The van der Waals surface area contributed by atoms with Gasteiger partial charge >= 0.3 is 0 Å². The van der Waals surface area contributed by atoms with Crippen molar-refractivity contribution in [2.24, 2.45) is 17.8 Å². The van der Waals surface area contributed by atoms with Gasteiger partial charge in [0.15, 0.2) is 0 Å². The Labute approximate surface area is 144 Å². The average Bonchev–Trinajstić information content (AvgIpc) is 3.25. The van der Waals surface area contributed by atoms with Gasteiger partial charge < -0.3 is 10.1 Å². The Morgan fingerprint density at radius 1 is 1.12 bits per heavy atom. The zero-order valence-corrected chi connectivity index (χ0v) is 14.2. The van der Waals surface area contributed by atoms with Crippen molar-refractivity contribution in [1.29, 1.82) is 0 Å². The van der Waals surface area contributed by atoms with Crippen LogP contribution in [-0.2, 0) is 14.9 Å². The summed E-state index contributed by atoms with van der Waals surface area (Å²) in [5.74, 6) is 2.16. The predicted octanol–water partition coefficient (Wildman–Crippen LogP) is 3.45. The van der Waals surface area contributed by atoms with E-state index in [1.807, 2.05) is 0 Å². The Morgan fingerprint density at radius 2 is 1.92 bits per heavy atom. The zero-order chi connectivity index (χ0) is 16.4. The van der Waals surface area contributed by atoms with E-state index in [4.69, 9.17) is 4.74 Å². The van der Waals surface area contributed by atoms with Gasteiger partial charge in [-0.25, -0.2) is 0 Å². The minimum absolute atomic E-state index is 0.0315. The van der Waals surface area contributed by atoms with Crippen molar-refractivity contribution in [1.82, 2.24) is 5.32 Å². The molecule has 0 unspecified atom stereocenters. The van der Waals surface area contributed by atoms with Crippen molar-refractivity contribution in [2.75, 3.05) is 19.8 Å². The van der Waals surface area contributed by atoms with Crippen molar-refractivity contribution in [3.8, 4) is 0 Å². The molecule has 0 aromatic heterocycles. The molecule has 3 heteroatoms. The number of allylic oxidation sites excluding steroid dienone is 2. The summed E-state index contributed by atoms with van der Waals surface area (Å²) in [5, 5.41) is 3.26.